The number of anilines is 9. The molecule has 38 heteroatoms. The molecule has 0 unspecified atom stereocenters. The van der Waals surface area contributed by atoms with Gasteiger partial charge in [-0.1, -0.05) is 0 Å². The zero-order chi connectivity index (χ0) is 72.2. The van der Waals surface area contributed by atoms with Gasteiger partial charge < -0.3 is 39.8 Å². The molecule has 0 saturated carbocycles. The van der Waals surface area contributed by atoms with Gasteiger partial charge in [0.25, 0.3) is 11.8 Å². The van der Waals surface area contributed by atoms with Gasteiger partial charge in [-0.05, 0) is 73.9 Å². The standard InChI is InChI=1S/C22H20F3N7O3.C21H20F3N5O4.C20H20F3N7O3/c1-12-26-9-18(35-12)15-8-19(28-11-27-15)30-21(34)32-13-5-7-31(10-13)16-3-2-14(29-20(16)32)17(33)4-6-22(23,24)25;1-12(30)26-13-5-8-25-18(10-13)33-20(32)29-14-6-9-28(11-14)16-3-2-15(27-19(16)29)17(31)4-7-21(22,23)24;1-24-17(31)11-2-5-15(25-8-11)28-19(33)30-12-6-7-29(9-12)14-4-3-13(27-16(14)30)18(32)26-10-20(21,22)23/h2-3,8-9,11,13H,4-7,10H2,1H3,(H,27,28,30,34);2-3,5,8,10,14H,4,6-7,9,11H2,1H3,(H,25,26,30);2-5,8,12H,6-7,9-10H2,1H3,(H,24,31)(H,26,32)(H,25,28,33)/t13-;14-;12-/m000/s1. The van der Waals surface area contributed by atoms with Crippen molar-refractivity contribution in [1.29, 1.82) is 0 Å². The first kappa shape index (κ1) is 70.7. The predicted octanol–water partition coefficient (Wildman–Crippen LogP) is 9.31. The number of aromatic nitrogens is 8. The van der Waals surface area contributed by atoms with Crippen LogP contribution in [0.4, 0.5) is 106 Å². The fourth-order valence-corrected chi connectivity index (χ4v) is 11.9. The Morgan fingerprint density at radius 3 is 1.58 bits per heavy atom. The Hall–Kier alpha value is -11.6. The Labute approximate surface area is 566 Å². The largest absolute Gasteiger partial charge is 0.439 e. The molecule has 5 N–H and O–H groups in total. The van der Waals surface area contributed by atoms with Gasteiger partial charge in [-0.2, -0.15) is 39.5 Å². The molecule has 7 aromatic rings. The van der Waals surface area contributed by atoms with E-state index < -0.39 is 86.4 Å². The molecule has 29 nitrogen and oxygen atoms in total. The molecule has 8 amide bonds. The molecule has 0 aromatic carbocycles. The number of rotatable bonds is 14. The van der Waals surface area contributed by atoms with Gasteiger partial charge in [0.05, 0.1) is 59.8 Å². The fourth-order valence-electron chi connectivity index (χ4n) is 11.9. The van der Waals surface area contributed by atoms with Crippen LogP contribution in [0.15, 0.2) is 96.1 Å². The van der Waals surface area contributed by atoms with Crippen molar-refractivity contribution in [3.05, 3.63) is 120 Å². The lowest BCUT2D eigenvalue weighted by Crippen LogP contribution is -2.48. The number of halogens is 9. The lowest BCUT2D eigenvalue weighted by molar-refractivity contribution is -0.134. The van der Waals surface area contributed by atoms with Crippen LogP contribution in [-0.2, 0) is 4.79 Å². The third kappa shape index (κ3) is 16.9. The molecule has 0 spiro atoms. The maximum Gasteiger partial charge on any atom is 0.422 e. The van der Waals surface area contributed by atoms with E-state index in [1.54, 1.807) is 30.4 Å². The number of aryl methyl sites for hydroxylation is 1. The van der Waals surface area contributed by atoms with Gasteiger partial charge in [-0.15, -0.1) is 0 Å². The number of carbonyl (C=O) groups excluding carboxylic acids is 8. The number of nitrogens with zero attached hydrogens (tertiary/aromatic N) is 14. The number of ether oxygens (including phenoxy) is 1. The summed E-state index contributed by atoms with van der Waals surface area (Å²) in [5.41, 5.74) is 2.49. The van der Waals surface area contributed by atoms with Gasteiger partial charge in [0, 0.05) is 103 Å². The molecule has 530 valence electrons. The van der Waals surface area contributed by atoms with Crippen molar-refractivity contribution in [1.82, 2.24) is 50.5 Å². The van der Waals surface area contributed by atoms with Gasteiger partial charge >= 0.3 is 36.7 Å². The zero-order valence-electron chi connectivity index (χ0n) is 53.5. The molecule has 6 bridgehead atoms. The molecule has 7 aromatic heterocycles. The first-order chi connectivity index (χ1) is 47.9. The van der Waals surface area contributed by atoms with Crippen molar-refractivity contribution in [3.63, 3.8) is 0 Å². The number of hydrogen-bond acceptors (Lipinski definition) is 21. The smallest absolute Gasteiger partial charge is 0.422 e. The number of amides is 8. The monoisotopic (exact) mass is 1410 g/mol. The molecule has 0 aliphatic carbocycles. The minimum Gasteiger partial charge on any atom is -0.439 e. The summed E-state index contributed by atoms with van der Waals surface area (Å²) in [7, 11) is 1.49. The third-order valence-corrected chi connectivity index (χ3v) is 16.5. The van der Waals surface area contributed by atoms with Crippen LogP contribution >= 0.6 is 0 Å². The number of alkyl halides is 9. The van der Waals surface area contributed by atoms with Crippen LogP contribution in [0.1, 0.15) is 99.6 Å². The first-order valence-electron chi connectivity index (χ1n) is 31.2. The highest BCUT2D eigenvalue weighted by atomic mass is 19.4. The lowest BCUT2D eigenvalue weighted by Gasteiger charge is -2.35. The van der Waals surface area contributed by atoms with Crippen molar-refractivity contribution in [3.8, 4) is 17.3 Å². The van der Waals surface area contributed by atoms with Gasteiger partial charge in [0.15, 0.2) is 40.7 Å². The average Bonchev–Trinajstić information content (AvgIpc) is 1.68. The Kier molecular flexibility index (Phi) is 20.3. The number of Topliss-reactive ketones (excluding diaryl/α,β-unsaturated/α-hetero) is 2. The highest BCUT2D eigenvalue weighted by Crippen LogP contribution is 2.43. The minimum atomic E-state index is -4.55. The van der Waals surface area contributed by atoms with E-state index in [1.165, 1.54) is 102 Å². The van der Waals surface area contributed by atoms with Gasteiger partial charge in [0.2, 0.25) is 11.8 Å². The van der Waals surface area contributed by atoms with E-state index >= 15 is 0 Å². The van der Waals surface area contributed by atoms with Gasteiger partial charge in [-0.3, -0.25) is 49.3 Å². The van der Waals surface area contributed by atoms with Crippen LogP contribution in [0.25, 0.3) is 11.5 Å². The SMILES string of the molecule is CC(=O)Nc1ccnc(OC(=O)N2c3nc(C(=O)CCC(F)(F)F)ccc3N3CC[C@H]2C3)c1.CNC(=O)c1ccc(NC(=O)N2c3nc(C(=O)NCC(F)(F)F)ccc3N3CC[C@H]2C3)nc1.Cc1ncc(-c2cc(NC(=O)N3c4nc(C(=O)CCC(F)(F)F)ccc4N4CC[C@H]3C4)ncn2)o1. The van der Waals surface area contributed by atoms with Gasteiger partial charge in [-0.25, -0.2) is 54.3 Å². The summed E-state index contributed by atoms with van der Waals surface area (Å²) in [5.74, 6) is -1.30. The number of oxazole rings is 1. The van der Waals surface area contributed by atoms with Crippen LogP contribution in [-0.4, -0.2) is 177 Å². The van der Waals surface area contributed by atoms with E-state index in [0.717, 1.165) is 0 Å². The number of carbonyl (C=O) groups is 8. The molecule has 3 fully saturated rings. The Bertz CT molecular complexity index is 4350. The lowest BCUT2D eigenvalue weighted by atomic mass is 10.1. The van der Waals surface area contributed by atoms with Gasteiger partial charge in [0.1, 0.15) is 47.3 Å². The Morgan fingerprint density at radius 2 is 1.09 bits per heavy atom. The van der Waals surface area contributed by atoms with Crippen molar-refractivity contribution in [2.45, 2.75) is 95.4 Å². The van der Waals surface area contributed by atoms with E-state index in [0.29, 0.717) is 104 Å². The average molecular weight is 1410 g/mol. The quantitative estimate of drug-likeness (QED) is 0.0500. The molecule has 0 radical (unpaired) electrons. The van der Waals surface area contributed by atoms with Crippen LogP contribution in [0.2, 0.25) is 0 Å². The normalized spacial score (nSPS) is 16.9. The van der Waals surface area contributed by atoms with Crippen molar-refractivity contribution >= 4 is 99.3 Å². The summed E-state index contributed by atoms with van der Waals surface area (Å²) in [4.78, 5) is 143. The number of ketones is 2. The maximum absolute atomic E-state index is 13.3. The highest BCUT2D eigenvalue weighted by molar-refractivity contribution is 6.07. The van der Waals surface area contributed by atoms with E-state index in [-0.39, 0.29) is 82.0 Å². The zero-order valence-corrected chi connectivity index (χ0v) is 53.5. The number of urea groups is 2. The summed E-state index contributed by atoms with van der Waals surface area (Å²) in [5, 5.41) is 12.2. The number of nitrogens with one attached hydrogen (secondary N) is 5. The molecule has 13 heterocycles. The minimum absolute atomic E-state index is 0.0503. The van der Waals surface area contributed by atoms with E-state index in [9.17, 15) is 77.9 Å². The fraction of sp³-hybridized carbons (Fsp3) is 0.365. The molecule has 6 aliphatic rings. The summed E-state index contributed by atoms with van der Waals surface area (Å²) in [6, 6.07) is 14.5. The second kappa shape index (κ2) is 29.1. The summed E-state index contributed by atoms with van der Waals surface area (Å²) >= 11 is 0. The summed E-state index contributed by atoms with van der Waals surface area (Å²) in [6.45, 7) is 5.23. The second-order valence-corrected chi connectivity index (χ2v) is 23.6. The van der Waals surface area contributed by atoms with Crippen LogP contribution in [0.5, 0.6) is 5.88 Å². The molecular weight excluding hydrogens is 1350 g/mol. The molecule has 13 rings (SSSR count). The maximum atomic E-state index is 13.3. The first-order valence-corrected chi connectivity index (χ1v) is 31.2. The molecular formula is C63H60F9N19O10. The van der Waals surface area contributed by atoms with E-state index in [1.807, 2.05) is 14.7 Å². The number of hydrogen-bond donors (Lipinski definition) is 5. The Balaban J connectivity index is 0.000000153. The Morgan fingerprint density at radius 1 is 0.564 bits per heavy atom. The van der Waals surface area contributed by atoms with Crippen LogP contribution in [0, 0.1) is 6.92 Å². The summed E-state index contributed by atoms with van der Waals surface area (Å²) < 4.78 is 123. The van der Waals surface area contributed by atoms with Crippen molar-refractivity contribution in [2.24, 2.45) is 0 Å². The summed E-state index contributed by atoms with van der Waals surface area (Å²) in [6.07, 6.45) is -10.7. The topological polar surface area (TPSA) is 342 Å². The molecule has 101 heavy (non-hydrogen) atoms. The van der Waals surface area contributed by atoms with Crippen molar-refractivity contribution < 1.29 is 87.0 Å². The predicted molar refractivity (Wildman–Crippen MR) is 342 cm³/mol. The van der Waals surface area contributed by atoms with E-state index in [2.05, 4.69) is 61.1 Å². The van der Waals surface area contributed by atoms with E-state index in [4.69, 9.17) is 9.15 Å². The molecule has 6 aliphatic heterocycles. The van der Waals surface area contributed by atoms with Crippen LogP contribution in [0.3, 0.4) is 0 Å². The van der Waals surface area contributed by atoms with Crippen LogP contribution < -0.4 is 60.7 Å². The molecule has 3 atom stereocenters. The second-order valence-electron chi connectivity index (χ2n) is 23.6. The number of fused-ring (bicyclic) bond motifs is 12. The third-order valence-electron chi connectivity index (χ3n) is 16.5. The number of pyridine rings is 5. The highest BCUT2D eigenvalue weighted by Gasteiger charge is 2.45. The van der Waals surface area contributed by atoms with Crippen molar-refractivity contribution in [2.75, 3.05) is 98.2 Å². The molecule has 3 saturated heterocycles.